The fourth-order valence-corrected chi connectivity index (χ4v) is 2.66. The van der Waals surface area contributed by atoms with Crippen LogP contribution in [-0.2, 0) is 4.79 Å². The highest BCUT2D eigenvalue weighted by Gasteiger charge is 2.41. The highest BCUT2D eigenvalue weighted by molar-refractivity contribution is 6.33. The lowest BCUT2D eigenvalue weighted by Crippen LogP contribution is -2.35. The third-order valence-corrected chi connectivity index (χ3v) is 3.93. The van der Waals surface area contributed by atoms with E-state index < -0.39 is 16.3 Å². The number of pyridine rings is 1. The third kappa shape index (κ3) is 2.82. The summed E-state index contributed by atoms with van der Waals surface area (Å²) in [7, 11) is 0. The Morgan fingerprint density at radius 3 is 2.70 bits per heavy atom. The molecule has 1 aliphatic rings. The second-order valence-electron chi connectivity index (χ2n) is 4.93. The van der Waals surface area contributed by atoms with Gasteiger partial charge in [0.1, 0.15) is 12.0 Å². The van der Waals surface area contributed by atoms with Crippen molar-refractivity contribution in [2.24, 2.45) is 5.41 Å². The van der Waals surface area contributed by atoms with Crippen LogP contribution in [0.3, 0.4) is 0 Å². The van der Waals surface area contributed by atoms with Gasteiger partial charge in [-0.25, -0.2) is 4.98 Å². The van der Waals surface area contributed by atoms with Crippen molar-refractivity contribution in [3.05, 3.63) is 27.4 Å². The summed E-state index contributed by atoms with van der Waals surface area (Å²) in [5.41, 5.74) is -0.998. The number of halogens is 1. The number of hydrogen-bond acceptors (Lipinski definition) is 5. The van der Waals surface area contributed by atoms with Crippen molar-refractivity contribution in [1.82, 2.24) is 4.98 Å². The van der Waals surface area contributed by atoms with Crippen molar-refractivity contribution in [2.45, 2.75) is 25.7 Å². The van der Waals surface area contributed by atoms with E-state index in [2.05, 4.69) is 10.3 Å². The number of anilines is 1. The first kappa shape index (κ1) is 14.5. The molecular weight excluding hydrogens is 286 g/mol. The van der Waals surface area contributed by atoms with E-state index in [0.29, 0.717) is 12.8 Å². The predicted octanol–water partition coefficient (Wildman–Crippen LogP) is 2.70. The van der Waals surface area contributed by atoms with Gasteiger partial charge in [0, 0.05) is 12.6 Å². The zero-order chi connectivity index (χ0) is 14.8. The molecule has 0 unspecified atom stereocenters. The van der Waals surface area contributed by atoms with Crippen LogP contribution in [-0.4, -0.2) is 27.5 Å². The zero-order valence-corrected chi connectivity index (χ0v) is 11.4. The van der Waals surface area contributed by atoms with Gasteiger partial charge in [0.15, 0.2) is 0 Å². The fourth-order valence-electron chi connectivity index (χ4n) is 2.43. The van der Waals surface area contributed by atoms with Gasteiger partial charge in [-0.15, -0.1) is 0 Å². The van der Waals surface area contributed by atoms with Gasteiger partial charge < -0.3 is 10.4 Å². The summed E-state index contributed by atoms with van der Waals surface area (Å²) in [6, 6.07) is 1.19. The molecule has 1 aliphatic carbocycles. The molecule has 2 N–H and O–H groups in total. The minimum absolute atomic E-state index is 0.109. The van der Waals surface area contributed by atoms with Crippen molar-refractivity contribution in [1.29, 1.82) is 0 Å². The van der Waals surface area contributed by atoms with Gasteiger partial charge in [0.05, 0.1) is 15.4 Å². The minimum atomic E-state index is -0.833. The number of hydrogen-bond donors (Lipinski definition) is 2. The molecule has 0 atom stereocenters. The number of aliphatic carboxylic acids is 1. The van der Waals surface area contributed by atoms with Crippen molar-refractivity contribution in [3.8, 4) is 0 Å². The summed E-state index contributed by atoms with van der Waals surface area (Å²) in [4.78, 5) is 25.3. The smallest absolute Gasteiger partial charge is 0.311 e. The van der Waals surface area contributed by atoms with Crippen LogP contribution in [0.25, 0.3) is 0 Å². The molecule has 108 valence electrons. The summed E-state index contributed by atoms with van der Waals surface area (Å²) >= 11 is 5.91. The van der Waals surface area contributed by atoms with E-state index in [1.165, 1.54) is 6.07 Å². The maximum atomic E-state index is 11.4. The van der Waals surface area contributed by atoms with Gasteiger partial charge in [0.2, 0.25) is 0 Å². The van der Waals surface area contributed by atoms with Crippen molar-refractivity contribution >= 4 is 29.1 Å². The van der Waals surface area contributed by atoms with Gasteiger partial charge in [0.25, 0.3) is 5.69 Å². The zero-order valence-electron chi connectivity index (χ0n) is 10.6. The number of nitrogens with zero attached hydrogens (tertiary/aromatic N) is 2. The summed E-state index contributed by atoms with van der Waals surface area (Å²) < 4.78 is 0. The molecular formula is C12H14ClN3O4. The van der Waals surface area contributed by atoms with Crippen LogP contribution in [0.5, 0.6) is 0 Å². The average Bonchev–Trinajstić information content (AvgIpc) is 2.87. The third-order valence-electron chi connectivity index (χ3n) is 3.65. The number of nitrogens with one attached hydrogen (secondary N) is 1. The van der Waals surface area contributed by atoms with E-state index in [9.17, 15) is 20.0 Å². The highest BCUT2D eigenvalue weighted by Crippen LogP contribution is 2.38. The largest absolute Gasteiger partial charge is 0.481 e. The van der Waals surface area contributed by atoms with Gasteiger partial charge in [-0.2, -0.15) is 0 Å². The van der Waals surface area contributed by atoms with E-state index in [1.807, 2.05) is 0 Å². The standard InChI is InChI=1S/C12H14ClN3O4/c13-9-5-8(16(19)20)6-14-10(9)15-7-12(11(17)18)3-1-2-4-12/h5-6H,1-4,7H2,(H,14,15)(H,17,18). The average molecular weight is 300 g/mol. The Morgan fingerprint density at radius 2 is 2.20 bits per heavy atom. The molecule has 1 saturated carbocycles. The maximum Gasteiger partial charge on any atom is 0.311 e. The minimum Gasteiger partial charge on any atom is -0.481 e. The monoisotopic (exact) mass is 299 g/mol. The van der Waals surface area contributed by atoms with Crippen molar-refractivity contribution < 1.29 is 14.8 Å². The molecule has 0 saturated heterocycles. The summed E-state index contributed by atoms with van der Waals surface area (Å²) in [5.74, 6) is -0.565. The first-order valence-electron chi connectivity index (χ1n) is 6.22. The Morgan fingerprint density at radius 1 is 1.55 bits per heavy atom. The van der Waals surface area contributed by atoms with Gasteiger partial charge in [-0.3, -0.25) is 14.9 Å². The Hall–Kier alpha value is -1.89. The van der Waals surface area contributed by atoms with Gasteiger partial charge >= 0.3 is 5.97 Å². The molecule has 7 nitrogen and oxygen atoms in total. The van der Waals surface area contributed by atoms with Crippen LogP contribution in [0, 0.1) is 15.5 Å². The van der Waals surface area contributed by atoms with Crippen LogP contribution in [0.1, 0.15) is 25.7 Å². The van der Waals surface area contributed by atoms with E-state index in [1.54, 1.807) is 0 Å². The normalized spacial score (nSPS) is 16.9. The molecule has 1 heterocycles. The molecule has 0 bridgehead atoms. The van der Waals surface area contributed by atoms with Crippen LogP contribution in [0.4, 0.5) is 11.5 Å². The van der Waals surface area contributed by atoms with Crippen molar-refractivity contribution in [3.63, 3.8) is 0 Å². The van der Waals surface area contributed by atoms with E-state index >= 15 is 0 Å². The summed E-state index contributed by atoms with van der Waals surface area (Å²) in [5, 5.41) is 22.9. The van der Waals surface area contributed by atoms with E-state index in [-0.39, 0.29) is 23.1 Å². The lowest BCUT2D eigenvalue weighted by atomic mass is 9.86. The molecule has 1 fully saturated rings. The van der Waals surface area contributed by atoms with Gasteiger partial charge in [-0.1, -0.05) is 24.4 Å². The topological polar surface area (TPSA) is 105 Å². The Kier molecular flexibility index (Phi) is 4.08. The Balaban J connectivity index is 2.10. The van der Waals surface area contributed by atoms with Crippen LogP contribution in [0.15, 0.2) is 12.3 Å². The summed E-state index contributed by atoms with van der Waals surface area (Å²) in [6.45, 7) is 0.215. The number of carbonyl (C=O) groups is 1. The summed E-state index contributed by atoms with van der Waals surface area (Å²) in [6.07, 6.45) is 4.08. The lowest BCUT2D eigenvalue weighted by Gasteiger charge is -2.24. The Bertz CT molecular complexity index is 544. The lowest BCUT2D eigenvalue weighted by molar-refractivity contribution is -0.385. The molecule has 0 aromatic carbocycles. The van der Waals surface area contributed by atoms with E-state index in [0.717, 1.165) is 19.0 Å². The quantitative estimate of drug-likeness (QED) is 0.639. The maximum absolute atomic E-state index is 11.4. The molecule has 8 heteroatoms. The molecule has 0 spiro atoms. The van der Waals surface area contributed by atoms with Crippen LogP contribution in [0.2, 0.25) is 5.02 Å². The molecule has 1 aromatic heterocycles. The van der Waals surface area contributed by atoms with E-state index in [4.69, 9.17) is 11.6 Å². The number of rotatable bonds is 5. The van der Waals surface area contributed by atoms with Gasteiger partial charge in [-0.05, 0) is 12.8 Å². The molecule has 0 radical (unpaired) electrons. The predicted molar refractivity (Wildman–Crippen MR) is 72.9 cm³/mol. The molecule has 2 rings (SSSR count). The molecule has 20 heavy (non-hydrogen) atoms. The van der Waals surface area contributed by atoms with Crippen LogP contribution < -0.4 is 5.32 Å². The number of aromatic nitrogens is 1. The van der Waals surface area contributed by atoms with Crippen molar-refractivity contribution in [2.75, 3.05) is 11.9 Å². The Labute approximate surface area is 120 Å². The van der Waals surface area contributed by atoms with Crippen LogP contribution >= 0.6 is 11.6 Å². The second kappa shape index (κ2) is 5.62. The first-order valence-corrected chi connectivity index (χ1v) is 6.60. The molecule has 1 aromatic rings. The SMILES string of the molecule is O=C(O)C1(CNc2ncc([N+](=O)[O-])cc2Cl)CCCC1. The fraction of sp³-hybridized carbons (Fsp3) is 0.500. The number of carboxylic acids is 1. The molecule has 0 amide bonds. The highest BCUT2D eigenvalue weighted by atomic mass is 35.5. The molecule has 0 aliphatic heterocycles. The first-order chi connectivity index (χ1) is 9.44. The number of nitro groups is 1. The second-order valence-corrected chi connectivity index (χ2v) is 5.33. The number of carboxylic acid groups (broad SMARTS) is 1.